The van der Waals surface area contributed by atoms with E-state index in [9.17, 15) is 0 Å². The van der Waals surface area contributed by atoms with Crippen LogP contribution in [0.25, 0.3) is 0 Å². The second-order valence-electron chi connectivity index (χ2n) is 1.90. The van der Waals surface area contributed by atoms with Crippen molar-refractivity contribution < 1.29 is 20.4 Å². The molecule has 4 N–H and O–H groups in total. The Morgan fingerprint density at radius 3 is 1.50 bits per heavy atom. The Balaban J connectivity index is 0. The summed E-state index contributed by atoms with van der Waals surface area (Å²) >= 11 is 0. The Morgan fingerprint density at radius 1 is 1.20 bits per heavy atom. The summed E-state index contributed by atoms with van der Waals surface area (Å²) in [5.41, 5.74) is -2.53. The molecule has 0 aliphatic heterocycles. The Bertz CT molecular complexity index is 99.9. The maximum absolute atomic E-state index is 8.69. The first kappa shape index (κ1) is 13.3. The van der Waals surface area contributed by atoms with Crippen LogP contribution in [0.1, 0.15) is 13.3 Å². The topological polar surface area (TPSA) is 80.9 Å². The summed E-state index contributed by atoms with van der Waals surface area (Å²) in [5, 5.41) is 34.5. The third kappa shape index (κ3) is 3.23. The minimum Gasteiger partial charge on any atom is -0.361 e. The van der Waals surface area contributed by atoms with Gasteiger partial charge in [0.2, 0.25) is 11.3 Å². The number of aliphatic hydroxyl groups is 4. The lowest BCUT2D eigenvalue weighted by atomic mass is 10.2. The number of hydrogen-bond donors (Lipinski definition) is 4. The van der Waals surface area contributed by atoms with E-state index in [1.807, 2.05) is 0 Å². The highest BCUT2D eigenvalue weighted by molar-refractivity contribution is 8.93. The molecule has 0 radical (unpaired) electrons. The second kappa shape index (κ2) is 3.95. The zero-order valence-corrected chi connectivity index (χ0v) is 8.35. The van der Waals surface area contributed by atoms with Crippen LogP contribution in [0, 0.1) is 0 Å². The lowest BCUT2D eigenvalue weighted by Crippen LogP contribution is -2.49. The highest BCUT2D eigenvalue weighted by Crippen LogP contribution is 2.25. The first-order valence-electron chi connectivity index (χ1n) is 2.49. The van der Waals surface area contributed by atoms with Gasteiger partial charge in [0.15, 0.2) is 0 Å². The van der Waals surface area contributed by atoms with E-state index in [-0.39, 0.29) is 23.4 Å². The molecular weight excluding hydrogens is 223 g/mol. The molecule has 0 bridgehead atoms. The van der Waals surface area contributed by atoms with Gasteiger partial charge in [0, 0.05) is 6.42 Å². The molecule has 64 valence electrons. The minimum atomic E-state index is -2.53. The third-order valence-corrected chi connectivity index (χ3v) is 1.54. The lowest BCUT2D eigenvalue weighted by molar-refractivity contribution is -0.311. The van der Waals surface area contributed by atoms with E-state index in [2.05, 4.69) is 0 Å². The molecule has 0 aromatic carbocycles. The van der Waals surface area contributed by atoms with Gasteiger partial charge in [0.05, 0.1) is 0 Å². The predicted molar refractivity (Wildman–Crippen MR) is 44.7 cm³/mol. The van der Waals surface area contributed by atoms with Crippen LogP contribution in [0.15, 0.2) is 0 Å². The fourth-order valence-electron chi connectivity index (χ4n) is 0.260. The van der Waals surface area contributed by atoms with Gasteiger partial charge in [-0.05, 0) is 0 Å². The quantitative estimate of drug-likeness (QED) is 0.372. The van der Waals surface area contributed by atoms with E-state index in [0.717, 1.165) is 0 Å². The first-order valence-corrected chi connectivity index (χ1v) is 3.07. The molecule has 0 aliphatic rings. The first-order chi connectivity index (χ1) is 3.81. The van der Waals surface area contributed by atoms with E-state index >= 15 is 0 Å². The highest BCUT2D eigenvalue weighted by atomic mass is 79.9. The van der Waals surface area contributed by atoms with Gasteiger partial charge in [-0.15, -0.1) is 17.0 Å². The molecule has 0 fully saturated rings. The van der Waals surface area contributed by atoms with Gasteiger partial charge in [-0.1, -0.05) is 16.2 Å². The molecule has 0 rings (SSSR count). The van der Waals surface area contributed by atoms with E-state index in [1.165, 1.54) is 16.2 Å². The fourth-order valence-corrected chi connectivity index (χ4v) is 0.464. The van der Waals surface area contributed by atoms with Crippen LogP contribution >= 0.6 is 26.2 Å². The zero-order valence-electron chi connectivity index (χ0n) is 5.48. The van der Waals surface area contributed by atoms with Crippen molar-refractivity contribution in [3.05, 3.63) is 0 Å². The van der Waals surface area contributed by atoms with Crippen LogP contribution in [0.4, 0.5) is 0 Å². The summed E-state index contributed by atoms with van der Waals surface area (Å²) in [6.07, 6.45) is -0.149. The van der Waals surface area contributed by atoms with Crippen LogP contribution in [0.3, 0.4) is 0 Å². The molecular formula is C4H12BrO4P. The van der Waals surface area contributed by atoms with Gasteiger partial charge in [-0.3, -0.25) is 0 Å². The van der Waals surface area contributed by atoms with Gasteiger partial charge in [0.25, 0.3) is 0 Å². The Labute approximate surface area is 71.9 Å². The molecule has 0 amide bonds. The smallest absolute Gasteiger partial charge is 0.231 e. The fraction of sp³-hybridized carbons (Fsp3) is 1.00. The van der Waals surface area contributed by atoms with Crippen molar-refractivity contribution in [1.82, 2.24) is 0 Å². The average Bonchev–Trinajstić information content (AvgIpc) is 1.64. The Morgan fingerprint density at radius 2 is 1.50 bits per heavy atom. The van der Waals surface area contributed by atoms with E-state index in [4.69, 9.17) is 20.4 Å². The van der Waals surface area contributed by atoms with Crippen LogP contribution in [-0.4, -0.2) is 31.7 Å². The molecule has 1 atom stereocenters. The summed E-state index contributed by atoms with van der Waals surface area (Å²) < 4.78 is 0. The molecule has 0 aliphatic carbocycles. The summed E-state index contributed by atoms with van der Waals surface area (Å²) in [6.45, 7) is 1.42. The molecule has 0 saturated heterocycles. The van der Waals surface area contributed by atoms with E-state index < -0.39 is 11.3 Å². The molecule has 0 heterocycles. The van der Waals surface area contributed by atoms with Gasteiger partial charge in [-0.25, -0.2) is 0 Å². The largest absolute Gasteiger partial charge is 0.361 e. The van der Waals surface area contributed by atoms with Gasteiger partial charge in [-0.2, -0.15) is 0 Å². The average molecular weight is 235 g/mol. The molecule has 0 spiro atoms. The second-order valence-corrected chi connectivity index (χ2v) is 2.70. The minimum absolute atomic E-state index is 0. The summed E-state index contributed by atoms with van der Waals surface area (Å²) in [4.78, 5) is 0. The molecule has 6 heteroatoms. The molecule has 0 aromatic rings. The van der Waals surface area contributed by atoms with Gasteiger partial charge >= 0.3 is 0 Å². The number of hydrogen-bond acceptors (Lipinski definition) is 4. The van der Waals surface area contributed by atoms with Crippen LogP contribution in [-0.2, 0) is 0 Å². The predicted octanol–water partition coefficient (Wildman–Crippen LogP) is -0.831. The van der Waals surface area contributed by atoms with E-state index in [0.29, 0.717) is 0 Å². The Hall–Kier alpha value is 0.750. The number of rotatable bonds is 2. The van der Waals surface area contributed by atoms with Crippen molar-refractivity contribution in [2.24, 2.45) is 0 Å². The van der Waals surface area contributed by atoms with E-state index in [1.54, 1.807) is 0 Å². The summed E-state index contributed by atoms with van der Waals surface area (Å²) in [5.74, 6) is -2.45. The maximum Gasteiger partial charge on any atom is 0.231 e. The normalized spacial score (nSPS) is 12.6. The molecule has 0 aromatic heterocycles. The molecule has 10 heavy (non-hydrogen) atoms. The van der Waals surface area contributed by atoms with Crippen LogP contribution in [0.5, 0.6) is 0 Å². The van der Waals surface area contributed by atoms with Crippen molar-refractivity contribution in [1.29, 1.82) is 0 Å². The van der Waals surface area contributed by atoms with Crippen molar-refractivity contribution in [3.63, 3.8) is 0 Å². The summed E-state index contributed by atoms with van der Waals surface area (Å²) in [6, 6.07) is 0. The summed E-state index contributed by atoms with van der Waals surface area (Å²) in [7, 11) is 1.52. The van der Waals surface area contributed by atoms with Gasteiger partial charge in [0.1, 0.15) is 0 Å². The standard InChI is InChI=1S/C4H11O4P.BrH/c1-2-3(5,6)4(7,8)9;/h5-8H,2,9H2,1H3;1H. The van der Waals surface area contributed by atoms with Crippen LogP contribution < -0.4 is 0 Å². The van der Waals surface area contributed by atoms with Crippen molar-refractivity contribution >= 4 is 26.2 Å². The highest BCUT2D eigenvalue weighted by Gasteiger charge is 2.41. The van der Waals surface area contributed by atoms with Crippen molar-refractivity contribution in [3.8, 4) is 0 Å². The van der Waals surface area contributed by atoms with Crippen molar-refractivity contribution in [2.45, 2.75) is 24.7 Å². The molecule has 1 unspecified atom stereocenters. The molecule has 4 nitrogen and oxygen atoms in total. The molecule has 0 saturated carbocycles. The number of halogens is 1. The monoisotopic (exact) mass is 234 g/mol. The third-order valence-electron chi connectivity index (χ3n) is 1.08. The Kier molecular flexibility index (Phi) is 5.27. The zero-order chi connectivity index (χ0) is 7.71. The van der Waals surface area contributed by atoms with Crippen LogP contribution in [0.2, 0.25) is 0 Å². The van der Waals surface area contributed by atoms with Crippen molar-refractivity contribution in [2.75, 3.05) is 0 Å². The van der Waals surface area contributed by atoms with Gasteiger partial charge < -0.3 is 20.4 Å². The SMILES string of the molecule is Br.CCC(O)(O)C(O)(O)P. The lowest BCUT2D eigenvalue weighted by Gasteiger charge is -2.30. The maximum atomic E-state index is 8.69.